The van der Waals surface area contributed by atoms with Crippen LogP contribution in [0.3, 0.4) is 0 Å². The van der Waals surface area contributed by atoms with Crippen molar-refractivity contribution in [3.05, 3.63) is 0 Å². The molecule has 1 saturated heterocycles. The van der Waals surface area contributed by atoms with E-state index in [0.29, 0.717) is 0 Å². The van der Waals surface area contributed by atoms with Crippen molar-refractivity contribution in [2.75, 3.05) is 0 Å². The van der Waals surface area contributed by atoms with Gasteiger partial charge in [-0.15, -0.1) is 0 Å². The Morgan fingerprint density at radius 2 is 2.00 bits per heavy atom. The number of hydrogen-bond acceptors (Lipinski definition) is 3. The zero-order valence-electron chi connectivity index (χ0n) is 9.07. The predicted molar refractivity (Wildman–Crippen MR) is 50.7 cm³/mol. The predicted octanol–water partition coefficient (Wildman–Crippen LogP) is 1.23. The maximum Gasteiger partial charge on any atom is 0.309 e. The van der Waals surface area contributed by atoms with Crippen molar-refractivity contribution in [3.63, 3.8) is 0 Å². The van der Waals surface area contributed by atoms with Crippen molar-refractivity contribution < 1.29 is 19.7 Å². The molecule has 14 heavy (non-hydrogen) atoms. The van der Waals surface area contributed by atoms with Gasteiger partial charge in [-0.1, -0.05) is 20.8 Å². The van der Waals surface area contributed by atoms with Gasteiger partial charge >= 0.3 is 5.97 Å². The summed E-state index contributed by atoms with van der Waals surface area (Å²) in [6.45, 7) is 7.24. The Morgan fingerprint density at radius 3 is 2.29 bits per heavy atom. The summed E-state index contributed by atoms with van der Waals surface area (Å²) in [6.07, 6.45) is -0.278. The molecule has 0 radical (unpaired) electrons. The fraction of sp³-hybridized carbons (Fsp3) is 0.900. The fourth-order valence-corrected chi connectivity index (χ4v) is 1.92. The number of carboxylic acid groups (broad SMARTS) is 1. The van der Waals surface area contributed by atoms with E-state index in [0.717, 1.165) is 0 Å². The molecule has 1 fully saturated rings. The number of carbonyl (C=O) groups is 1. The third-order valence-electron chi connectivity index (χ3n) is 2.52. The van der Waals surface area contributed by atoms with E-state index in [2.05, 4.69) is 0 Å². The van der Waals surface area contributed by atoms with Gasteiger partial charge in [-0.3, -0.25) is 4.79 Å². The van der Waals surface area contributed by atoms with Crippen LogP contribution in [0.4, 0.5) is 0 Å². The molecule has 0 spiro atoms. The van der Waals surface area contributed by atoms with E-state index < -0.39 is 23.8 Å². The molecule has 0 aromatic heterocycles. The first-order valence-electron chi connectivity index (χ1n) is 4.76. The average molecular weight is 202 g/mol. The topological polar surface area (TPSA) is 66.8 Å². The lowest BCUT2D eigenvalue weighted by atomic mass is 9.81. The van der Waals surface area contributed by atoms with Crippen LogP contribution in [0.2, 0.25) is 0 Å². The summed E-state index contributed by atoms with van der Waals surface area (Å²) < 4.78 is 5.36. The third kappa shape index (κ3) is 2.25. The lowest BCUT2D eigenvalue weighted by Gasteiger charge is -2.30. The number of aliphatic carboxylic acids is 1. The Kier molecular flexibility index (Phi) is 2.63. The maximum atomic E-state index is 11.0. The van der Waals surface area contributed by atoms with Crippen LogP contribution in [0, 0.1) is 11.3 Å². The molecule has 0 amide bonds. The molecule has 0 aromatic carbocycles. The van der Waals surface area contributed by atoms with E-state index in [9.17, 15) is 9.90 Å². The first kappa shape index (κ1) is 11.5. The van der Waals surface area contributed by atoms with E-state index in [-0.39, 0.29) is 11.8 Å². The molecule has 0 bridgehead atoms. The minimum absolute atomic E-state index is 0.157. The zero-order valence-corrected chi connectivity index (χ0v) is 9.07. The minimum Gasteiger partial charge on any atom is -0.481 e. The number of ether oxygens (including phenoxy) is 1. The van der Waals surface area contributed by atoms with Gasteiger partial charge in [0.25, 0.3) is 0 Å². The number of hydrogen-bond donors (Lipinski definition) is 2. The number of carboxylic acids is 1. The van der Waals surface area contributed by atoms with Crippen molar-refractivity contribution in [2.45, 2.75) is 46.0 Å². The Labute approximate surface area is 83.9 Å². The van der Waals surface area contributed by atoms with Crippen LogP contribution < -0.4 is 0 Å². The summed E-state index contributed by atoms with van der Waals surface area (Å²) in [5.74, 6) is -2.83. The summed E-state index contributed by atoms with van der Waals surface area (Å²) in [5.41, 5.74) is -0.274. The molecule has 3 unspecified atom stereocenters. The standard InChI is InChI=1S/C10H18O4/c1-9(2,3)7-6(8(11)12)5-10(4,13)14-7/h6-7,13H,5H2,1-4H3,(H,11,12). The van der Waals surface area contributed by atoms with Crippen LogP contribution in [-0.4, -0.2) is 28.1 Å². The smallest absolute Gasteiger partial charge is 0.309 e. The molecule has 82 valence electrons. The second-order valence-corrected chi connectivity index (χ2v) is 5.23. The van der Waals surface area contributed by atoms with Crippen molar-refractivity contribution in [1.29, 1.82) is 0 Å². The monoisotopic (exact) mass is 202 g/mol. The number of rotatable bonds is 1. The third-order valence-corrected chi connectivity index (χ3v) is 2.52. The fourth-order valence-electron chi connectivity index (χ4n) is 1.92. The minimum atomic E-state index is -1.30. The Balaban J connectivity index is 2.89. The lowest BCUT2D eigenvalue weighted by Crippen LogP contribution is -2.36. The molecule has 0 aliphatic carbocycles. The zero-order chi connectivity index (χ0) is 11.1. The lowest BCUT2D eigenvalue weighted by molar-refractivity contribution is -0.196. The quantitative estimate of drug-likeness (QED) is 0.671. The molecular weight excluding hydrogens is 184 g/mol. The molecule has 0 aromatic rings. The highest BCUT2D eigenvalue weighted by Gasteiger charge is 2.50. The molecule has 4 heteroatoms. The van der Waals surface area contributed by atoms with Gasteiger partial charge in [0.15, 0.2) is 5.79 Å². The molecule has 2 N–H and O–H groups in total. The van der Waals surface area contributed by atoms with Gasteiger partial charge in [-0.2, -0.15) is 0 Å². The SMILES string of the molecule is CC1(O)CC(C(=O)O)C(C(C)(C)C)O1. The van der Waals surface area contributed by atoms with Crippen molar-refractivity contribution in [2.24, 2.45) is 11.3 Å². The van der Waals surface area contributed by atoms with Crippen molar-refractivity contribution >= 4 is 5.97 Å². The molecular formula is C10H18O4. The van der Waals surface area contributed by atoms with E-state index in [1.807, 2.05) is 20.8 Å². The normalized spacial score (nSPS) is 38.6. The largest absolute Gasteiger partial charge is 0.481 e. The molecule has 3 atom stereocenters. The van der Waals surface area contributed by atoms with Gasteiger partial charge in [0.2, 0.25) is 0 Å². The summed E-state index contributed by atoms with van der Waals surface area (Å²) in [4.78, 5) is 11.0. The van der Waals surface area contributed by atoms with Crippen molar-refractivity contribution in [1.82, 2.24) is 0 Å². The van der Waals surface area contributed by atoms with Crippen LogP contribution in [-0.2, 0) is 9.53 Å². The molecule has 1 heterocycles. The maximum absolute atomic E-state index is 11.0. The summed E-state index contributed by atoms with van der Waals surface area (Å²) >= 11 is 0. The second-order valence-electron chi connectivity index (χ2n) is 5.23. The average Bonchev–Trinajstić information content (AvgIpc) is 2.24. The molecule has 1 aliphatic heterocycles. The van der Waals surface area contributed by atoms with E-state index in [1.165, 1.54) is 6.92 Å². The van der Waals surface area contributed by atoms with E-state index in [4.69, 9.17) is 9.84 Å². The number of aliphatic hydroxyl groups is 1. The van der Waals surface area contributed by atoms with Crippen LogP contribution in [0.1, 0.15) is 34.1 Å². The molecule has 0 saturated carbocycles. The van der Waals surface area contributed by atoms with Gasteiger partial charge in [-0.25, -0.2) is 0 Å². The van der Waals surface area contributed by atoms with Crippen LogP contribution >= 0.6 is 0 Å². The molecule has 1 aliphatic rings. The van der Waals surface area contributed by atoms with Gasteiger partial charge in [-0.05, 0) is 12.3 Å². The van der Waals surface area contributed by atoms with Crippen molar-refractivity contribution in [3.8, 4) is 0 Å². The molecule has 1 rings (SSSR count). The molecule has 4 nitrogen and oxygen atoms in total. The van der Waals surface area contributed by atoms with Crippen LogP contribution in [0.25, 0.3) is 0 Å². The van der Waals surface area contributed by atoms with Crippen LogP contribution in [0.5, 0.6) is 0 Å². The van der Waals surface area contributed by atoms with Gasteiger partial charge in [0.1, 0.15) is 0 Å². The summed E-state index contributed by atoms with van der Waals surface area (Å²) in [7, 11) is 0. The van der Waals surface area contributed by atoms with E-state index in [1.54, 1.807) is 0 Å². The highest BCUT2D eigenvalue weighted by atomic mass is 16.6. The first-order valence-corrected chi connectivity index (χ1v) is 4.76. The van der Waals surface area contributed by atoms with E-state index >= 15 is 0 Å². The van der Waals surface area contributed by atoms with Gasteiger partial charge in [0.05, 0.1) is 12.0 Å². The van der Waals surface area contributed by atoms with Crippen LogP contribution in [0.15, 0.2) is 0 Å². The Bertz CT molecular complexity index is 239. The van der Waals surface area contributed by atoms with Gasteiger partial charge < -0.3 is 14.9 Å². The highest BCUT2D eigenvalue weighted by molar-refractivity contribution is 5.71. The Morgan fingerprint density at radius 1 is 1.50 bits per heavy atom. The van der Waals surface area contributed by atoms with Gasteiger partial charge in [0, 0.05) is 6.42 Å². The summed E-state index contributed by atoms with van der Waals surface area (Å²) in [6, 6.07) is 0. The highest BCUT2D eigenvalue weighted by Crippen LogP contribution is 2.41. The summed E-state index contributed by atoms with van der Waals surface area (Å²) in [5, 5.41) is 18.7. The first-order chi connectivity index (χ1) is 6.13. The Hall–Kier alpha value is -0.610. The second kappa shape index (κ2) is 3.21.